The standard InChI is InChI=1S/C21H36FN5O2SSi/c1-11(2)30-20-16-18(23)24-10-25-19(16)27(26-20)21-17(22)15(9-28-21)29-31(12(3)4,13(5)6)14(7)8/h10-15,17,21H,9H2,1-8H3,(H2,23,24,25)/t15-,17?,21-/m1/s1. The lowest BCUT2D eigenvalue weighted by atomic mass is 10.2. The van der Waals surface area contributed by atoms with Crippen molar-refractivity contribution in [2.75, 3.05) is 12.3 Å². The van der Waals surface area contributed by atoms with Gasteiger partial charge in [0.25, 0.3) is 0 Å². The van der Waals surface area contributed by atoms with E-state index in [1.54, 1.807) is 11.8 Å². The number of alkyl halides is 1. The van der Waals surface area contributed by atoms with Crippen LogP contribution >= 0.6 is 11.8 Å². The van der Waals surface area contributed by atoms with Gasteiger partial charge in [-0.3, -0.25) is 0 Å². The first-order valence-electron chi connectivity index (χ1n) is 11.1. The van der Waals surface area contributed by atoms with Gasteiger partial charge in [0.05, 0.1) is 12.0 Å². The molecule has 3 atom stereocenters. The quantitative estimate of drug-likeness (QED) is 0.412. The van der Waals surface area contributed by atoms with Gasteiger partial charge in [0.2, 0.25) is 8.32 Å². The number of nitrogens with two attached hydrogens (primary N) is 1. The summed E-state index contributed by atoms with van der Waals surface area (Å²) in [6.07, 6.45) is -1.49. The van der Waals surface area contributed by atoms with Gasteiger partial charge >= 0.3 is 0 Å². The largest absolute Gasteiger partial charge is 0.408 e. The zero-order valence-electron chi connectivity index (χ0n) is 19.8. The lowest BCUT2D eigenvalue weighted by molar-refractivity contribution is 0.0138. The van der Waals surface area contributed by atoms with Crippen molar-refractivity contribution in [1.29, 1.82) is 0 Å². The Morgan fingerprint density at radius 3 is 2.29 bits per heavy atom. The number of hydrogen-bond acceptors (Lipinski definition) is 7. The number of halogens is 1. The summed E-state index contributed by atoms with van der Waals surface area (Å²) < 4.78 is 29.9. The fourth-order valence-corrected chi connectivity index (χ4v) is 11.4. The Balaban J connectivity index is 1.95. The van der Waals surface area contributed by atoms with E-state index in [2.05, 4.69) is 70.5 Å². The van der Waals surface area contributed by atoms with E-state index in [4.69, 9.17) is 14.9 Å². The smallest absolute Gasteiger partial charge is 0.201 e. The summed E-state index contributed by atoms with van der Waals surface area (Å²) in [6, 6.07) is 0. The second kappa shape index (κ2) is 9.33. The van der Waals surface area contributed by atoms with Gasteiger partial charge < -0.3 is 14.9 Å². The lowest BCUT2D eigenvalue weighted by Crippen LogP contribution is -2.52. The fraction of sp³-hybridized carbons (Fsp3) is 0.762. The molecule has 1 unspecified atom stereocenters. The van der Waals surface area contributed by atoms with Gasteiger partial charge in [0.1, 0.15) is 23.3 Å². The van der Waals surface area contributed by atoms with Gasteiger partial charge in [-0.25, -0.2) is 19.0 Å². The van der Waals surface area contributed by atoms with Crippen LogP contribution in [0.1, 0.15) is 61.6 Å². The fourth-order valence-electron chi connectivity index (χ4n) is 4.98. The van der Waals surface area contributed by atoms with Gasteiger partial charge in [-0.05, 0) is 16.6 Å². The Hall–Kier alpha value is -1.23. The second-order valence-electron chi connectivity index (χ2n) is 9.52. The molecule has 2 aromatic heterocycles. The minimum absolute atomic E-state index is 0.196. The van der Waals surface area contributed by atoms with Gasteiger partial charge in [-0.15, -0.1) is 11.8 Å². The first-order chi connectivity index (χ1) is 14.5. The molecule has 7 nitrogen and oxygen atoms in total. The van der Waals surface area contributed by atoms with Crippen molar-refractivity contribution in [1.82, 2.24) is 19.7 Å². The topological polar surface area (TPSA) is 88.1 Å². The molecule has 1 aliphatic rings. The van der Waals surface area contributed by atoms with E-state index in [0.717, 1.165) is 0 Å². The minimum Gasteiger partial charge on any atom is -0.408 e. The number of hydrogen-bond donors (Lipinski definition) is 1. The van der Waals surface area contributed by atoms with Crippen LogP contribution in [-0.4, -0.2) is 52.2 Å². The zero-order valence-corrected chi connectivity index (χ0v) is 21.6. The predicted molar refractivity (Wildman–Crippen MR) is 127 cm³/mol. The van der Waals surface area contributed by atoms with Crippen LogP contribution in [0.25, 0.3) is 11.0 Å². The highest BCUT2D eigenvalue weighted by Gasteiger charge is 2.51. The molecule has 0 aliphatic carbocycles. The number of rotatable bonds is 8. The van der Waals surface area contributed by atoms with Crippen LogP contribution in [0.3, 0.4) is 0 Å². The number of thioether (sulfide) groups is 1. The maximum atomic E-state index is 15.8. The molecular formula is C21H36FN5O2SSi. The summed E-state index contributed by atoms with van der Waals surface area (Å²) in [5, 5.41) is 6.27. The van der Waals surface area contributed by atoms with Crippen LogP contribution in [-0.2, 0) is 9.16 Å². The SMILES string of the molecule is CC(C)Sc1nn([C@@H]2OC[C@@H](O[Si](C(C)C)(C(C)C)C(C)C)C2F)c2ncnc(N)c12. The average Bonchev–Trinajstić information content (AvgIpc) is 3.19. The Morgan fingerprint density at radius 2 is 1.74 bits per heavy atom. The van der Waals surface area contributed by atoms with Crippen molar-refractivity contribution in [3.8, 4) is 0 Å². The molecule has 0 aromatic carbocycles. The summed E-state index contributed by atoms with van der Waals surface area (Å²) in [4.78, 5) is 8.45. The molecule has 1 saturated heterocycles. The van der Waals surface area contributed by atoms with Crippen molar-refractivity contribution in [3.05, 3.63) is 6.33 Å². The van der Waals surface area contributed by atoms with Crippen molar-refractivity contribution in [2.24, 2.45) is 0 Å². The first-order valence-corrected chi connectivity index (χ1v) is 14.1. The maximum Gasteiger partial charge on any atom is 0.201 e. The number of anilines is 1. The number of ether oxygens (including phenoxy) is 1. The molecule has 1 fully saturated rings. The molecule has 0 amide bonds. The molecule has 2 aromatic rings. The van der Waals surface area contributed by atoms with E-state index in [0.29, 0.717) is 38.5 Å². The van der Waals surface area contributed by atoms with Crippen LogP contribution in [0.4, 0.5) is 10.2 Å². The predicted octanol–water partition coefficient (Wildman–Crippen LogP) is 5.34. The monoisotopic (exact) mass is 469 g/mol. The number of nitrogen functional groups attached to an aromatic ring is 1. The molecule has 0 radical (unpaired) electrons. The maximum absolute atomic E-state index is 15.8. The molecule has 3 heterocycles. The molecule has 0 spiro atoms. The summed E-state index contributed by atoms with van der Waals surface area (Å²) >= 11 is 1.55. The Morgan fingerprint density at radius 1 is 1.13 bits per heavy atom. The summed E-state index contributed by atoms with van der Waals surface area (Å²) in [5.41, 5.74) is 7.71. The third-order valence-corrected chi connectivity index (χ3v) is 13.3. The van der Waals surface area contributed by atoms with Crippen molar-refractivity contribution in [3.63, 3.8) is 0 Å². The van der Waals surface area contributed by atoms with Crippen LogP contribution in [0.15, 0.2) is 11.4 Å². The van der Waals surface area contributed by atoms with E-state index in [9.17, 15) is 0 Å². The normalized spacial score (nSPS) is 22.7. The van der Waals surface area contributed by atoms with E-state index < -0.39 is 26.8 Å². The molecule has 174 valence electrons. The highest BCUT2D eigenvalue weighted by molar-refractivity contribution is 8.00. The zero-order chi connectivity index (χ0) is 23.1. The summed E-state index contributed by atoms with van der Waals surface area (Å²) in [7, 11) is -2.24. The van der Waals surface area contributed by atoms with Crippen LogP contribution in [0.5, 0.6) is 0 Å². The highest BCUT2D eigenvalue weighted by atomic mass is 32.2. The van der Waals surface area contributed by atoms with Crippen molar-refractivity contribution < 1.29 is 13.6 Å². The minimum atomic E-state index is -2.24. The first kappa shape index (κ1) is 24.4. The van der Waals surface area contributed by atoms with Crippen molar-refractivity contribution in [2.45, 2.75) is 101 Å². The summed E-state index contributed by atoms with van der Waals surface area (Å²) in [5.74, 6) is 0.339. The number of fused-ring (bicyclic) bond motifs is 1. The molecule has 2 N–H and O–H groups in total. The lowest BCUT2D eigenvalue weighted by Gasteiger charge is -2.44. The Kier molecular flexibility index (Phi) is 7.34. The van der Waals surface area contributed by atoms with Gasteiger partial charge in [-0.1, -0.05) is 55.4 Å². The van der Waals surface area contributed by atoms with Crippen LogP contribution < -0.4 is 5.73 Å². The van der Waals surface area contributed by atoms with E-state index in [1.165, 1.54) is 11.0 Å². The third kappa shape index (κ3) is 4.36. The van der Waals surface area contributed by atoms with Gasteiger partial charge in [0, 0.05) is 5.25 Å². The van der Waals surface area contributed by atoms with Crippen molar-refractivity contribution >= 4 is 36.9 Å². The average molecular weight is 470 g/mol. The molecular weight excluding hydrogens is 433 g/mol. The van der Waals surface area contributed by atoms with Crippen LogP contribution in [0, 0.1) is 0 Å². The third-order valence-electron chi connectivity index (χ3n) is 6.20. The van der Waals surface area contributed by atoms with E-state index in [1.807, 2.05) is 0 Å². The van der Waals surface area contributed by atoms with E-state index in [-0.39, 0.29) is 11.9 Å². The number of nitrogens with zero attached hydrogens (tertiary/aromatic N) is 4. The molecule has 0 bridgehead atoms. The molecule has 31 heavy (non-hydrogen) atoms. The molecule has 3 rings (SSSR count). The van der Waals surface area contributed by atoms with Gasteiger partial charge in [0.15, 0.2) is 18.0 Å². The highest BCUT2D eigenvalue weighted by Crippen LogP contribution is 2.45. The van der Waals surface area contributed by atoms with E-state index >= 15 is 4.39 Å². The Labute approximate surface area is 189 Å². The number of aromatic nitrogens is 4. The molecule has 0 saturated carbocycles. The molecule has 1 aliphatic heterocycles. The van der Waals surface area contributed by atoms with Crippen LogP contribution in [0.2, 0.25) is 16.6 Å². The molecule has 10 heteroatoms. The second-order valence-corrected chi connectivity index (χ2v) is 16.5. The summed E-state index contributed by atoms with van der Waals surface area (Å²) in [6.45, 7) is 17.5. The Bertz CT molecular complexity index is 885. The van der Waals surface area contributed by atoms with Gasteiger partial charge in [-0.2, -0.15) is 5.10 Å².